The average molecular weight is 480 g/mol. The van der Waals surface area contributed by atoms with Crippen LogP contribution < -0.4 is 10.6 Å². The normalized spacial score (nSPS) is 24.1. The largest absolute Gasteiger partial charge is 0.377 e. The second kappa shape index (κ2) is 8.58. The first kappa shape index (κ1) is 21.9. The molecule has 4 aromatic rings. The molecular formula is C24H26FN7O3. The maximum Gasteiger partial charge on any atom is 0.257 e. The minimum Gasteiger partial charge on any atom is -0.377 e. The van der Waals surface area contributed by atoms with Crippen LogP contribution in [0.2, 0.25) is 0 Å². The van der Waals surface area contributed by atoms with Gasteiger partial charge in [0.15, 0.2) is 5.65 Å². The van der Waals surface area contributed by atoms with Gasteiger partial charge in [-0.3, -0.25) is 4.79 Å². The number of rotatable bonds is 6. The highest BCUT2D eigenvalue weighted by atomic mass is 19.1. The van der Waals surface area contributed by atoms with E-state index in [1.165, 1.54) is 6.20 Å². The molecule has 1 amide bonds. The number of alkyl halides is 1. The zero-order chi connectivity index (χ0) is 24.1. The standard InChI is InChI=1S/C24H26FN7O3/c1-26-21-8-18(29-23-14(9-28-32(21)23)24(33)30-17-6-5-16(17)25)15-10-31(19-11-35-12-20(19)34-2)22-13(15)4-3-7-27-22/h3-4,7-10,16-17,19-20,26H,5-6,11-12H2,1-2H3,(H,30,33)/t16-,17+,19-,20-/m1/s1. The van der Waals surface area contributed by atoms with Gasteiger partial charge in [0.25, 0.3) is 5.91 Å². The predicted molar refractivity (Wildman–Crippen MR) is 127 cm³/mol. The summed E-state index contributed by atoms with van der Waals surface area (Å²) in [4.78, 5) is 22.4. The number of ether oxygens (including phenoxy) is 2. The Balaban J connectivity index is 1.47. The Morgan fingerprint density at radius 3 is 2.91 bits per heavy atom. The van der Waals surface area contributed by atoms with Crippen molar-refractivity contribution in [3.63, 3.8) is 0 Å². The van der Waals surface area contributed by atoms with Crippen LogP contribution in [-0.4, -0.2) is 75.7 Å². The number of nitrogens with zero attached hydrogens (tertiary/aromatic N) is 5. The molecule has 4 aromatic heterocycles. The van der Waals surface area contributed by atoms with E-state index in [4.69, 9.17) is 14.5 Å². The van der Waals surface area contributed by atoms with Crippen molar-refractivity contribution in [2.75, 3.05) is 32.7 Å². The number of pyridine rings is 1. The van der Waals surface area contributed by atoms with Gasteiger partial charge in [0, 0.05) is 43.6 Å². The van der Waals surface area contributed by atoms with E-state index in [9.17, 15) is 9.18 Å². The number of methoxy groups -OCH3 is 1. The first-order valence-electron chi connectivity index (χ1n) is 11.7. The summed E-state index contributed by atoms with van der Waals surface area (Å²) in [5, 5.41) is 11.2. The molecule has 1 aliphatic heterocycles. The maximum absolute atomic E-state index is 13.7. The van der Waals surface area contributed by atoms with Gasteiger partial charge < -0.3 is 24.7 Å². The van der Waals surface area contributed by atoms with Gasteiger partial charge in [-0.05, 0) is 25.0 Å². The maximum atomic E-state index is 13.7. The SMILES string of the molecule is CNc1cc(-c2cn([C@@H]3COC[C@H]3OC)c3ncccc23)nc2c(C(=O)N[C@H]3CC[C@H]3F)cnn12. The summed E-state index contributed by atoms with van der Waals surface area (Å²) in [6.45, 7) is 1.04. The highest BCUT2D eigenvalue weighted by Gasteiger charge is 2.34. The second-order valence-corrected chi connectivity index (χ2v) is 8.95. The third-order valence-electron chi connectivity index (χ3n) is 7.00. The Labute approximate surface area is 200 Å². The Morgan fingerprint density at radius 2 is 2.17 bits per heavy atom. The first-order chi connectivity index (χ1) is 17.1. The van der Waals surface area contributed by atoms with Crippen molar-refractivity contribution in [2.45, 2.75) is 37.2 Å². The van der Waals surface area contributed by atoms with Crippen LogP contribution >= 0.6 is 0 Å². The summed E-state index contributed by atoms with van der Waals surface area (Å²) >= 11 is 0. The molecule has 0 bridgehead atoms. The zero-order valence-electron chi connectivity index (χ0n) is 19.4. The van der Waals surface area contributed by atoms with Crippen molar-refractivity contribution in [1.82, 2.24) is 29.5 Å². The molecule has 10 nitrogen and oxygen atoms in total. The lowest BCUT2D eigenvalue weighted by Crippen LogP contribution is -2.48. The van der Waals surface area contributed by atoms with E-state index in [0.717, 1.165) is 16.6 Å². The summed E-state index contributed by atoms with van der Waals surface area (Å²) in [5.41, 5.74) is 3.02. The fourth-order valence-corrected chi connectivity index (χ4v) is 4.85. The Morgan fingerprint density at radius 1 is 1.29 bits per heavy atom. The summed E-state index contributed by atoms with van der Waals surface area (Å²) in [5.74, 6) is 0.286. The quantitative estimate of drug-likeness (QED) is 0.438. The topological polar surface area (TPSA) is 108 Å². The van der Waals surface area contributed by atoms with Gasteiger partial charge >= 0.3 is 0 Å². The molecule has 1 saturated heterocycles. The van der Waals surface area contributed by atoms with Crippen molar-refractivity contribution in [3.05, 3.63) is 42.4 Å². The number of halogens is 1. The third kappa shape index (κ3) is 3.53. The number of nitrogens with one attached hydrogen (secondary N) is 2. The van der Waals surface area contributed by atoms with Crippen molar-refractivity contribution < 1.29 is 18.7 Å². The number of hydrogen-bond acceptors (Lipinski definition) is 7. The predicted octanol–water partition coefficient (Wildman–Crippen LogP) is 2.60. The number of aromatic nitrogens is 5. The van der Waals surface area contributed by atoms with Crippen LogP contribution in [0.3, 0.4) is 0 Å². The number of fused-ring (bicyclic) bond motifs is 2. The van der Waals surface area contributed by atoms with Crippen LogP contribution in [-0.2, 0) is 9.47 Å². The molecule has 2 aliphatic rings. The molecule has 2 fully saturated rings. The summed E-state index contributed by atoms with van der Waals surface area (Å²) in [6.07, 6.45) is 5.25. The molecule has 0 radical (unpaired) electrons. The van der Waals surface area contributed by atoms with Gasteiger partial charge in [-0.25, -0.2) is 14.4 Å². The molecule has 11 heteroatoms. The molecule has 1 aliphatic carbocycles. The molecule has 6 rings (SSSR count). The van der Waals surface area contributed by atoms with E-state index >= 15 is 0 Å². The number of hydrogen-bond donors (Lipinski definition) is 2. The first-order valence-corrected chi connectivity index (χ1v) is 11.7. The highest BCUT2D eigenvalue weighted by molar-refractivity contribution is 6.01. The van der Waals surface area contributed by atoms with E-state index in [1.807, 2.05) is 24.4 Å². The minimum absolute atomic E-state index is 0.0221. The molecule has 35 heavy (non-hydrogen) atoms. The van der Waals surface area contributed by atoms with Crippen LogP contribution in [0.15, 0.2) is 36.8 Å². The Hall–Kier alpha value is -3.57. The second-order valence-electron chi connectivity index (χ2n) is 8.95. The van der Waals surface area contributed by atoms with Crippen molar-refractivity contribution in [1.29, 1.82) is 0 Å². The van der Waals surface area contributed by atoms with Crippen molar-refractivity contribution in [3.8, 4) is 11.3 Å². The molecule has 0 spiro atoms. The minimum atomic E-state index is -1.01. The molecule has 2 N–H and O–H groups in total. The van der Waals surface area contributed by atoms with Gasteiger partial charge in [0.2, 0.25) is 0 Å². The molecule has 0 unspecified atom stereocenters. The lowest BCUT2D eigenvalue weighted by molar-refractivity contribution is 0.0692. The fourth-order valence-electron chi connectivity index (χ4n) is 4.85. The van der Waals surface area contributed by atoms with Gasteiger partial charge in [-0.1, -0.05) is 0 Å². The number of anilines is 1. The fraction of sp³-hybridized carbons (Fsp3) is 0.417. The molecule has 5 heterocycles. The lowest BCUT2D eigenvalue weighted by Gasteiger charge is -2.30. The summed E-state index contributed by atoms with van der Waals surface area (Å²) < 4.78 is 28.7. The van der Waals surface area contributed by atoms with Gasteiger partial charge in [0.1, 0.15) is 29.3 Å². The molecule has 4 atom stereocenters. The third-order valence-corrected chi connectivity index (χ3v) is 7.00. The van der Waals surface area contributed by atoms with Crippen molar-refractivity contribution >= 4 is 28.4 Å². The van der Waals surface area contributed by atoms with Gasteiger partial charge in [-0.2, -0.15) is 9.61 Å². The smallest absolute Gasteiger partial charge is 0.257 e. The zero-order valence-corrected chi connectivity index (χ0v) is 19.4. The van der Waals surface area contributed by atoms with Crippen LogP contribution in [0, 0.1) is 0 Å². The molecule has 0 aromatic carbocycles. The number of amides is 1. The van der Waals surface area contributed by atoms with E-state index in [-0.39, 0.29) is 18.1 Å². The molecule has 1 saturated carbocycles. The van der Waals surface area contributed by atoms with Crippen LogP contribution in [0.1, 0.15) is 29.2 Å². The van der Waals surface area contributed by atoms with Gasteiger partial charge in [-0.15, -0.1) is 0 Å². The monoisotopic (exact) mass is 479 g/mol. The van der Waals surface area contributed by atoms with Crippen LogP contribution in [0.4, 0.5) is 10.2 Å². The van der Waals surface area contributed by atoms with E-state index < -0.39 is 12.2 Å². The summed E-state index contributed by atoms with van der Waals surface area (Å²) in [6, 6.07) is 5.28. The molecule has 182 valence electrons. The van der Waals surface area contributed by atoms with Gasteiger partial charge in [0.05, 0.1) is 37.2 Å². The van der Waals surface area contributed by atoms with E-state index in [1.54, 1.807) is 24.9 Å². The summed E-state index contributed by atoms with van der Waals surface area (Å²) in [7, 11) is 3.47. The Bertz CT molecular complexity index is 1420. The Kier molecular flexibility index (Phi) is 5.37. The van der Waals surface area contributed by atoms with Crippen LogP contribution in [0.5, 0.6) is 0 Å². The average Bonchev–Trinajstić information content (AvgIpc) is 3.61. The highest BCUT2D eigenvalue weighted by Crippen LogP contribution is 2.35. The van der Waals surface area contributed by atoms with E-state index in [0.29, 0.717) is 48.8 Å². The number of carbonyl (C=O) groups is 1. The van der Waals surface area contributed by atoms with Crippen LogP contribution in [0.25, 0.3) is 27.9 Å². The van der Waals surface area contributed by atoms with E-state index in [2.05, 4.69) is 25.3 Å². The lowest BCUT2D eigenvalue weighted by atomic mass is 9.90. The molecular weight excluding hydrogens is 453 g/mol. The number of carbonyl (C=O) groups excluding carboxylic acids is 1. The van der Waals surface area contributed by atoms with Crippen molar-refractivity contribution in [2.24, 2.45) is 0 Å².